The Morgan fingerprint density at radius 1 is 1.75 bits per heavy atom. The summed E-state index contributed by atoms with van der Waals surface area (Å²) in [5, 5.41) is 2.77. The predicted molar refractivity (Wildman–Crippen MR) is 52.8 cm³/mol. The van der Waals surface area contributed by atoms with Crippen LogP contribution in [0.2, 0.25) is 0 Å². The first-order valence-corrected chi connectivity index (χ1v) is 4.88. The normalized spacial score (nSPS) is 9.58. The molecule has 0 N–H and O–H groups in total. The molecule has 3 nitrogen and oxygen atoms in total. The number of methoxy groups -OCH3 is 1. The SMILES string of the molecule is COC(=O)N(C)c1cc(Br)cs1. The standard InChI is InChI=1S/C7H8BrNO2S/c1-9(7(10)11-2)6-3-5(8)4-12-6/h3-4H,1-2H3. The van der Waals surface area contributed by atoms with Crippen LogP contribution in [0.15, 0.2) is 15.9 Å². The van der Waals surface area contributed by atoms with E-state index in [0.717, 1.165) is 9.47 Å². The molecule has 0 atom stereocenters. The number of thiophene rings is 1. The van der Waals surface area contributed by atoms with E-state index >= 15 is 0 Å². The van der Waals surface area contributed by atoms with Crippen molar-refractivity contribution >= 4 is 38.4 Å². The van der Waals surface area contributed by atoms with Gasteiger partial charge in [0.05, 0.1) is 7.11 Å². The Labute approximate surface area is 83.1 Å². The molecule has 1 heterocycles. The van der Waals surface area contributed by atoms with Crippen molar-refractivity contribution in [3.8, 4) is 0 Å². The van der Waals surface area contributed by atoms with Gasteiger partial charge >= 0.3 is 6.09 Å². The largest absolute Gasteiger partial charge is 0.452 e. The number of anilines is 1. The lowest BCUT2D eigenvalue weighted by Crippen LogP contribution is -2.24. The zero-order valence-electron chi connectivity index (χ0n) is 6.70. The molecule has 1 rings (SSSR count). The molecule has 1 amide bonds. The molecular formula is C7H8BrNO2S. The highest BCUT2D eigenvalue weighted by molar-refractivity contribution is 9.10. The second-order valence-corrected chi connectivity index (χ2v) is 3.94. The Morgan fingerprint density at radius 2 is 2.42 bits per heavy atom. The zero-order valence-corrected chi connectivity index (χ0v) is 9.11. The summed E-state index contributed by atoms with van der Waals surface area (Å²) in [5.41, 5.74) is 0. The fourth-order valence-electron chi connectivity index (χ4n) is 0.705. The minimum absolute atomic E-state index is 0.357. The van der Waals surface area contributed by atoms with Crippen molar-refractivity contribution < 1.29 is 9.53 Å². The monoisotopic (exact) mass is 249 g/mol. The first-order valence-electron chi connectivity index (χ1n) is 3.21. The van der Waals surface area contributed by atoms with Gasteiger partial charge in [-0.3, -0.25) is 4.90 Å². The van der Waals surface area contributed by atoms with Gasteiger partial charge in [0.25, 0.3) is 0 Å². The number of halogens is 1. The second-order valence-electron chi connectivity index (χ2n) is 2.13. The van der Waals surface area contributed by atoms with Crippen LogP contribution in [-0.2, 0) is 4.74 Å². The molecule has 0 aliphatic rings. The van der Waals surface area contributed by atoms with Crippen molar-refractivity contribution in [3.05, 3.63) is 15.9 Å². The lowest BCUT2D eigenvalue weighted by atomic mass is 10.6. The van der Waals surface area contributed by atoms with Crippen molar-refractivity contribution in [2.75, 3.05) is 19.1 Å². The molecule has 0 aliphatic heterocycles. The Hall–Kier alpha value is -0.550. The fraction of sp³-hybridized carbons (Fsp3) is 0.286. The van der Waals surface area contributed by atoms with Gasteiger partial charge in [-0.1, -0.05) is 0 Å². The zero-order chi connectivity index (χ0) is 9.14. The third-order valence-corrected chi connectivity index (χ3v) is 3.10. The number of ether oxygens (including phenoxy) is 1. The lowest BCUT2D eigenvalue weighted by Gasteiger charge is -2.11. The predicted octanol–water partition coefficient (Wildman–Crippen LogP) is 2.71. The smallest absolute Gasteiger partial charge is 0.414 e. The molecule has 0 unspecified atom stereocenters. The summed E-state index contributed by atoms with van der Waals surface area (Å²) in [6.45, 7) is 0. The van der Waals surface area contributed by atoms with E-state index in [4.69, 9.17) is 0 Å². The van der Waals surface area contributed by atoms with Crippen molar-refractivity contribution in [3.63, 3.8) is 0 Å². The van der Waals surface area contributed by atoms with Gasteiger partial charge in [-0.2, -0.15) is 0 Å². The average Bonchev–Trinajstić information content (AvgIpc) is 2.49. The van der Waals surface area contributed by atoms with Gasteiger partial charge in [0, 0.05) is 16.9 Å². The average molecular weight is 250 g/mol. The highest BCUT2D eigenvalue weighted by atomic mass is 79.9. The molecule has 1 aromatic rings. The molecule has 0 fully saturated rings. The maximum atomic E-state index is 11.0. The maximum absolute atomic E-state index is 11.0. The summed E-state index contributed by atoms with van der Waals surface area (Å²) in [7, 11) is 3.03. The number of carbonyl (C=O) groups excluding carboxylic acids is 1. The molecule has 0 spiro atoms. The summed E-state index contributed by atoms with van der Waals surface area (Å²) in [5.74, 6) is 0. The Morgan fingerprint density at radius 3 is 2.83 bits per heavy atom. The van der Waals surface area contributed by atoms with E-state index in [2.05, 4.69) is 20.7 Å². The van der Waals surface area contributed by atoms with Gasteiger partial charge in [-0.25, -0.2) is 4.79 Å². The molecule has 0 radical (unpaired) electrons. The van der Waals surface area contributed by atoms with Gasteiger partial charge in [0.15, 0.2) is 0 Å². The van der Waals surface area contributed by atoms with E-state index in [9.17, 15) is 4.79 Å². The summed E-state index contributed by atoms with van der Waals surface area (Å²) < 4.78 is 5.52. The van der Waals surface area contributed by atoms with Crippen molar-refractivity contribution in [1.29, 1.82) is 0 Å². The molecule has 1 aromatic heterocycles. The summed E-state index contributed by atoms with van der Waals surface area (Å²) in [4.78, 5) is 12.5. The van der Waals surface area contributed by atoms with Crippen LogP contribution in [0.4, 0.5) is 9.80 Å². The van der Waals surface area contributed by atoms with E-state index < -0.39 is 0 Å². The van der Waals surface area contributed by atoms with Crippen LogP contribution in [0.5, 0.6) is 0 Å². The van der Waals surface area contributed by atoms with Gasteiger partial charge in [0.1, 0.15) is 5.00 Å². The molecule has 66 valence electrons. The van der Waals surface area contributed by atoms with Crippen LogP contribution in [0.3, 0.4) is 0 Å². The number of hydrogen-bond acceptors (Lipinski definition) is 3. The molecule has 0 bridgehead atoms. The van der Waals surface area contributed by atoms with Crippen LogP contribution in [0.25, 0.3) is 0 Å². The molecule has 5 heteroatoms. The highest BCUT2D eigenvalue weighted by Gasteiger charge is 2.11. The van der Waals surface area contributed by atoms with Gasteiger partial charge < -0.3 is 4.74 Å². The lowest BCUT2D eigenvalue weighted by molar-refractivity contribution is 0.180. The molecule has 0 saturated carbocycles. The molecular weight excluding hydrogens is 242 g/mol. The van der Waals surface area contributed by atoms with Crippen LogP contribution >= 0.6 is 27.3 Å². The highest BCUT2D eigenvalue weighted by Crippen LogP contribution is 2.27. The third kappa shape index (κ3) is 1.98. The van der Waals surface area contributed by atoms with Crippen molar-refractivity contribution in [1.82, 2.24) is 0 Å². The van der Waals surface area contributed by atoms with Crippen LogP contribution < -0.4 is 4.90 Å². The minimum atomic E-state index is -0.357. The van der Waals surface area contributed by atoms with Crippen LogP contribution in [0.1, 0.15) is 0 Å². The Balaban J connectivity index is 2.77. The third-order valence-electron chi connectivity index (χ3n) is 1.33. The number of rotatable bonds is 1. The maximum Gasteiger partial charge on any atom is 0.414 e. The molecule has 0 aliphatic carbocycles. The van der Waals surface area contributed by atoms with Crippen molar-refractivity contribution in [2.45, 2.75) is 0 Å². The van der Waals surface area contributed by atoms with E-state index in [1.807, 2.05) is 11.4 Å². The molecule has 0 saturated heterocycles. The number of amides is 1. The number of nitrogens with zero attached hydrogens (tertiary/aromatic N) is 1. The van der Waals surface area contributed by atoms with Gasteiger partial charge in [-0.05, 0) is 22.0 Å². The van der Waals surface area contributed by atoms with Gasteiger partial charge in [0.2, 0.25) is 0 Å². The van der Waals surface area contributed by atoms with Gasteiger partial charge in [-0.15, -0.1) is 11.3 Å². The minimum Gasteiger partial charge on any atom is -0.452 e. The number of carbonyl (C=O) groups is 1. The summed E-state index contributed by atoms with van der Waals surface area (Å²) in [6.07, 6.45) is -0.357. The van der Waals surface area contributed by atoms with E-state index in [-0.39, 0.29) is 6.09 Å². The fourth-order valence-corrected chi connectivity index (χ4v) is 2.08. The topological polar surface area (TPSA) is 29.5 Å². The second kappa shape index (κ2) is 3.91. The van der Waals surface area contributed by atoms with Crippen LogP contribution in [0, 0.1) is 0 Å². The molecule has 0 aromatic carbocycles. The Bertz CT molecular complexity index is 287. The van der Waals surface area contributed by atoms with Crippen molar-refractivity contribution in [2.24, 2.45) is 0 Å². The number of hydrogen-bond donors (Lipinski definition) is 0. The van der Waals surface area contributed by atoms with E-state index in [0.29, 0.717) is 0 Å². The van der Waals surface area contributed by atoms with E-state index in [1.54, 1.807) is 7.05 Å². The van der Waals surface area contributed by atoms with Crippen LogP contribution in [-0.4, -0.2) is 20.3 Å². The Kier molecular flexibility index (Phi) is 3.11. The molecule has 12 heavy (non-hydrogen) atoms. The summed E-state index contributed by atoms with van der Waals surface area (Å²) >= 11 is 4.78. The van der Waals surface area contributed by atoms with E-state index in [1.165, 1.54) is 23.3 Å². The first-order chi connectivity index (χ1) is 5.65. The quantitative estimate of drug-likeness (QED) is 0.766. The first kappa shape index (κ1) is 9.54. The summed E-state index contributed by atoms with van der Waals surface area (Å²) in [6, 6.07) is 1.86.